The Bertz CT molecular complexity index is 487. The van der Waals surface area contributed by atoms with Gasteiger partial charge in [-0.25, -0.2) is 4.79 Å². The molecule has 0 spiro atoms. The zero-order valence-corrected chi connectivity index (χ0v) is 7.57. The van der Waals surface area contributed by atoms with Crippen molar-refractivity contribution in [1.82, 2.24) is 0 Å². The predicted molar refractivity (Wildman–Crippen MR) is 52.7 cm³/mol. The maximum atomic E-state index is 10.7. The maximum Gasteiger partial charge on any atom is 0.371 e. The Kier molecular flexibility index (Phi) is 1.89. The first-order valence-corrected chi connectivity index (χ1v) is 4.16. The molecule has 14 heavy (non-hydrogen) atoms. The summed E-state index contributed by atoms with van der Waals surface area (Å²) in [5.74, 6) is -1.09. The van der Waals surface area contributed by atoms with Gasteiger partial charge in [0.1, 0.15) is 0 Å². The molecule has 0 amide bonds. The molecule has 4 heteroatoms. The Morgan fingerprint density at radius 2 is 2.29 bits per heavy atom. The van der Waals surface area contributed by atoms with E-state index in [4.69, 9.17) is 9.52 Å². The average molecular weight is 191 g/mol. The van der Waals surface area contributed by atoms with Gasteiger partial charge < -0.3 is 14.8 Å². The molecule has 2 N–H and O–H groups in total. The number of rotatable bonds is 2. The molecule has 0 atom stereocenters. The number of carboxylic acid groups (broad SMARTS) is 1. The van der Waals surface area contributed by atoms with Crippen molar-refractivity contribution in [3.05, 3.63) is 30.0 Å². The highest BCUT2D eigenvalue weighted by atomic mass is 16.4. The summed E-state index contributed by atoms with van der Waals surface area (Å²) in [5, 5.41) is 12.5. The first-order valence-electron chi connectivity index (χ1n) is 4.16. The standard InChI is InChI=1S/C10H9NO3/c1-11-7-4-2-3-6-5-8(10(12)13)14-9(6)7/h2-5,11H,1H3,(H,12,13). The lowest BCUT2D eigenvalue weighted by Crippen LogP contribution is -1.91. The third-order valence-corrected chi connectivity index (χ3v) is 2.02. The Balaban J connectivity index is 2.70. The number of para-hydroxylation sites is 1. The second-order valence-corrected chi connectivity index (χ2v) is 2.89. The molecule has 4 nitrogen and oxygen atoms in total. The number of hydrogen-bond acceptors (Lipinski definition) is 3. The second kappa shape index (κ2) is 3.06. The van der Waals surface area contributed by atoms with Crippen molar-refractivity contribution in [2.45, 2.75) is 0 Å². The molecule has 2 rings (SSSR count). The molecule has 0 aliphatic rings. The fourth-order valence-corrected chi connectivity index (χ4v) is 1.37. The number of fused-ring (bicyclic) bond motifs is 1. The maximum absolute atomic E-state index is 10.7. The molecule has 0 radical (unpaired) electrons. The van der Waals surface area contributed by atoms with Crippen molar-refractivity contribution in [2.75, 3.05) is 12.4 Å². The Morgan fingerprint density at radius 3 is 2.93 bits per heavy atom. The van der Waals surface area contributed by atoms with Crippen LogP contribution in [0.15, 0.2) is 28.7 Å². The van der Waals surface area contributed by atoms with Gasteiger partial charge in [-0.1, -0.05) is 12.1 Å². The van der Waals surface area contributed by atoms with E-state index in [0.717, 1.165) is 11.1 Å². The topological polar surface area (TPSA) is 62.5 Å². The van der Waals surface area contributed by atoms with E-state index in [1.165, 1.54) is 6.07 Å². The van der Waals surface area contributed by atoms with E-state index in [-0.39, 0.29) is 5.76 Å². The molecule has 0 saturated carbocycles. The number of furan rings is 1. The van der Waals surface area contributed by atoms with E-state index < -0.39 is 5.97 Å². The molecule has 0 fully saturated rings. The van der Waals surface area contributed by atoms with Gasteiger partial charge in [0.25, 0.3) is 0 Å². The molecular formula is C10H9NO3. The molecule has 1 aromatic carbocycles. The summed E-state index contributed by atoms with van der Waals surface area (Å²) in [4.78, 5) is 10.7. The van der Waals surface area contributed by atoms with Crippen LogP contribution in [0, 0.1) is 0 Å². The molecule has 2 aromatic rings. The molecule has 1 aromatic heterocycles. The van der Waals surface area contributed by atoms with E-state index in [2.05, 4.69) is 5.32 Å². The summed E-state index contributed by atoms with van der Waals surface area (Å²) in [5.41, 5.74) is 1.36. The second-order valence-electron chi connectivity index (χ2n) is 2.89. The molecule has 0 bridgehead atoms. The van der Waals surface area contributed by atoms with Crippen molar-refractivity contribution < 1.29 is 14.3 Å². The number of nitrogens with one attached hydrogen (secondary N) is 1. The molecule has 0 aliphatic heterocycles. The SMILES string of the molecule is CNc1cccc2cc(C(=O)O)oc12. The lowest BCUT2D eigenvalue weighted by atomic mass is 10.2. The molecule has 0 aliphatic carbocycles. The van der Waals surface area contributed by atoms with E-state index in [9.17, 15) is 4.79 Å². The van der Waals surface area contributed by atoms with Gasteiger partial charge in [-0.2, -0.15) is 0 Å². The monoisotopic (exact) mass is 191 g/mol. The van der Waals surface area contributed by atoms with Crippen LogP contribution in [0.2, 0.25) is 0 Å². The minimum Gasteiger partial charge on any atom is -0.475 e. The first kappa shape index (κ1) is 8.62. The molecule has 0 unspecified atom stereocenters. The van der Waals surface area contributed by atoms with Crippen molar-refractivity contribution in [3.8, 4) is 0 Å². The van der Waals surface area contributed by atoms with Crippen LogP contribution >= 0.6 is 0 Å². The van der Waals surface area contributed by atoms with Crippen molar-refractivity contribution in [3.63, 3.8) is 0 Å². The summed E-state index contributed by atoms with van der Waals surface area (Å²) in [6, 6.07) is 7.00. The normalized spacial score (nSPS) is 10.4. The lowest BCUT2D eigenvalue weighted by molar-refractivity contribution is 0.0665. The summed E-state index contributed by atoms with van der Waals surface area (Å²) in [6.45, 7) is 0. The summed E-state index contributed by atoms with van der Waals surface area (Å²) < 4.78 is 5.19. The third kappa shape index (κ3) is 1.21. The van der Waals surface area contributed by atoms with E-state index in [0.29, 0.717) is 5.58 Å². The zero-order chi connectivity index (χ0) is 10.1. The number of carbonyl (C=O) groups is 1. The van der Waals surface area contributed by atoms with Crippen LogP contribution in [-0.2, 0) is 0 Å². The highest BCUT2D eigenvalue weighted by Crippen LogP contribution is 2.26. The van der Waals surface area contributed by atoms with Gasteiger partial charge in [-0.3, -0.25) is 0 Å². The third-order valence-electron chi connectivity index (χ3n) is 2.02. The quantitative estimate of drug-likeness (QED) is 0.763. The lowest BCUT2D eigenvalue weighted by Gasteiger charge is -1.98. The van der Waals surface area contributed by atoms with Gasteiger partial charge in [0.15, 0.2) is 5.58 Å². The van der Waals surface area contributed by atoms with Crippen molar-refractivity contribution >= 4 is 22.6 Å². The van der Waals surface area contributed by atoms with Crippen LogP contribution in [0.5, 0.6) is 0 Å². The minimum absolute atomic E-state index is 0.0392. The number of benzene rings is 1. The zero-order valence-electron chi connectivity index (χ0n) is 7.57. The van der Waals surface area contributed by atoms with Crippen LogP contribution < -0.4 is 5.32 Å². The van der Waals surface area contributed by atoms with Gasteiger partial charge in [-0.15, -0.1) is 0 Å². The van der Waals surface area contributed by atoms with Crippen LogP contribution in [0.1, 0.15) is 10.6 Å². The molecular weight excluding hydrogens is 182 g/mol. The Labute approximate surface area is 80.1 Å². The van der Waals surface area contributed by atoms with E-state index >= 15 is 0 Å². The highest BCUT2D eigenvalue weighted by molar-refractivity contribution is 5.95. The smallest absolute Gasteiger partial charge is 0.371 e. The number of hydrogen-bond donors (Lipinski definition) is 2. The van der Waals surface area contributed by atoms with Gasteiger partial charge in [0.05, 0.1) is 5.69 Å². The molecule has 0 saturated heterocycles. The first-order chi connectivity index (χ1) is 6.72. The van der Waals surface area contributed by atoms with Crippen molar-refractivity contribution in [2.24, 2.45) is 0 Å². The number of anilines is 1. The Morgan fingerprint density at radius 1 is 1.50 bits per heavy atom. The van der Waals surface area contributed by atoms with Crippen LogP contribution in [-0.4, -0.2) is 18.1 Å². The predicted octanol–water partition coefficient (Wildman–Crippen LogP) is 2.17. The van der Waals surface area contributed by atoms with Crippen LogP contribution in [0.25, 0.3) is 11.0 Å². The van der Waals surface area contributed by atoms with Gasteiger partial charge in [0, 0.05) is 12.4 Å². The molecule has 1 heterocycles. The fourth-order valence-electron chi connectivity index (χ4n) is 1.37. The summed E-state index contributed by atoms with van der Waals surface area (Å²) in [7, 11) is 1.76. The number of carboxylic acids is 1. The fraction of sp³-hybridized carbons (Fsp3) is 0.100. The Hall–Kier alpha value is -1.97. The van der Waals surface area contributed by atoms with Gasteiger partial charge in [0.2, 0.25) is 5.76 Å². The van der Waals surface area contributed by atoms with Gasteiger partial charge >= 0.3 is 5.97 Å². The minimum atomic E-state index is -1.05. The van der Waals surface area contributed by atoms with Crippen LogP contribution in [0.3, 0.4) is 0 Å². The van der Waals surface area contributed by atoms with E-state index in [1.54, 1.807) is 7.05 Å². The van der Waals surface area contributed by atoms with Gasteiger partial charge in [-0.05, 0) is 12.1 Å². The summed E-state index contributed by atoms with van der Waals surface area (Å²) in [6.07, 6.45) is 0. The highest BCUT2D eigenvalue weighted by Gasteiger charge is 2.11. The van der Waals surface area contributed by atoms with E-state index in [1.807, 2.05) is 18.2 Å². The van der Waals surface area contributed by atoms with Crippen molar-refractivity contribution in [1.29, 1.82) is 0 Å². The molecule has 72 valence electrons. The number of aromatic carboxylic acids is 1. The van der Waals surface area contributed by atoms with Crippen LogP contribution in [0.4, 0.5) is 5.69 Å². The largest absolute Gasteiger partial charge is 0.475 e. The summed E-state index contributed by atoms with van der Waals surface area (Å²) >= 11 is 0. The average Bonchev–Trinajstić information content (AvgIpc) is 2.60.